The minimum Gasteiger partial charge on any atom is -0.490 e. The SMILES string of the molecule is C[C@@H](COc1cc2cnn(-c3ccc(F)cc3)c2cc1Cl)NS(=O)(=O)c1ccc2c(c1)CN(C(=O)C(F)(F)F)CC2. The van der Waals surface area contributed by atoms with Crippen LogP contribution in [0.15, 0.2) is 65.7 Å². The van der Waals surface area contributed by atoms with Gasteiger partial charge < -0.3 is 9.64 Å². The molecule has 0 spiro atoms. The molecular weight excluding hydrogens is 588 g/mol. The molecule has 41 heavy (non-hydrogen) atoms. The number of rotatable bonds is 7. The zero-order valence-electron chi connectivity index (χ0n) is 21.5. The lowest BCUT2D eigenvalue weighted by Gasteiger charge is -2.29. The predicted octanol–water partition coefficient (Wildman–Crippen LogP) is 5.01. The first-order valence-corrected chi connectivity index (χ1v) is 14.2. The zero-order chi connectivity index (χ0) is 29.5. The summed E-state index contributed by atoms with van der Waals surface area (Å²) in [7, 11) is -4.07. The summed E-state index contributed by atoms with van der Waals surface area (Å²) in [6.07, 6.45) is -3.23. The molecule has 3 aromatic carbocycles. The Bertz CT molecular complexity index is 1730. The number of hydrogen-bond donors (Lipinski definition) is 1. The summed E-state index contributed by atoms with van der Waals surface area (Å²) in [5.74, 6) is -2.04. The highest BCUT2D eigenvalue weighted by atomic mass is 35.5. The molecule has 1 atom stereocenters. The third kappa shape index (κ3) is 6.16. The monoisotopic (exact) mass is 610 g/mol. The van der Waals surface area contributed by atoms with E-state index < -0.39 is 28.1 Å². The fourth-order valence-corrected chi connectivity index (χ4v) is 6.05. The van der Waals surface area contributed by atoms with Crippen LogP contribution in [-0.2, 0) is 27.8 Å². The maximum Gasteiger partial charge on any atom is 0.471 e. The van der Waals surface area contributed by atoms with Gasteiger partial charge >= 0.3 is 12.1 Å². The van der Waals surface area contributed by atoms with Gasteiger partial charge in [0.05, 0.1) is 33.4 Å². The Morgan fingerprint density at radius 1 is 1.12 bits per heavy atom. The third-order valence-electron chi connectivity index (χ3n) is 6.57. The second kappa shape index (κ2) is 11.0. The average Bonchev–Trinajstić information content (AvgIpc) is 3.32. The second-order valence-corrected chi connectivity index (χ2v) is 11.7. The summed E-state index contributed by atoms with van der Waals surface area (Å²) in [4.78, 5) is 12.2. The maximum absolute atomic E-state index is 13.3. The molecule has 0 unspecified atom stereocenters. The summed E-state index contributed by atoms with van der Waals surface area (Å²) in [6.45, 7) is 1.05. The Hall–Kier alpha value is -3.68. The van der Waals surface area contributed by atoms with Crippen LogP contribution in [-0.4, -0.2) is 54.4 Å². The van der Waals surface area contributed by atoms with Gasteiger partial charge in [-0.15, -0.1) is 0 Å². The Labute approximate surface area is 237 Å². The van der Waals surface area contributed by atoms with Gasteiger partial charge in [-0.05, 0) is 73.0 Å². The summed E-state index contributed by atoms with van der Waals surface area (Å²) >= 11 is 6.42. The van der Waals surface area contributed by atoms with Crippen molar-refractivity contribution in [3.63, 3.8) is 0 Å². The maximum atomic E-state index is 13.3. The van der Waals surface area contributed by atoms with Crippen molar-refractivity contribution in [1.29, 1.82) is 0 Å². The van der Waals surface area contributed by atoms with Crippen molar-refractivity contribution in [3.05, 3.63) is 82.8 Å². The number of sulfonamides is 1. The molecule has 0 aliphatic carbocycles. The first-order chi connectivity index (χ1) is 19.3. The van der Waals surface area contributed by atoms with Gasteiger partial charge in [-0.1, -0.05) is 17.7 Å². The number of amides is 1. The predicted molar refractivity (Wildman–Crippen MR) is 143 cm³/mol. The number of benzene rings is 3. The van der Waals surface area contributed by atoms with Crippen LogP contribution in [0.2, 0.25) is 5.02 Å². The lowest BCUT2D eigenvalue weighted by atomic mass is 10.00. The molecule has 1 amide bonds. The molecule has 14 heteroatoms. The van der Waals surface area contributed by atoms with Gasteiger partial charge in [0.2, 0.25) is 10.0 Å². The lowest BCUT2D eigenvalue weighted by molar-refractivity contribution is -0.186. The number of halogens is 5. The number of fused-ring (bicyclic) bond motifs is 2. The van der Waals surface area contributed by atoms with Crippen LogP contribution >= 0.6 is 11.6 Å². The minimum absolute atomic E-state index is 0.0879. The number of nitrogens with one attached hydrogen (secondary N) is 1. The van der Waals surface area contributed by atoms with Crippen LogP contribution in [0.5, 0.6) is 5.75 Å². The van der Waals surface area contributed by atoms with E-state index in [0.717, 1.165) is 0 Å². The standard InChI is InChI=1S/C27H23ClF4N4O4S/c1-16(15-40-25-11-18-13-33-36(24(18)12-23(25)28)21-5-3-20(29)4-6-21)34-41(38,39)22-7-2-17-8-9-35(14-19(17)10-22)26(37)27(30,31)32/h2-7,10-13,16,34H,8-9,14-15H2,1H3/t16-/m0/s1. The molecule has 0 bridgehead atoms. The number of carbonyl (C=O) groups is 1. The molecule has 0 saturated carbocycles. The number of nitrogens with zero attached hydrogens (tertiary/aromatic N) is 3. The van der Waals surface area contributed by atoms with Gasteiger partial charge in [0, 0.05) is 18.5 Å². The number of alkyl halides is 3. The van der Waals surface area contributed by atoms with Gasteiger partial charge in [0.25, 0.3) is 0 Å². The fraction of sp³-hybridized carbons (Fsp3) is 0.259. The molecule has 0 saturated heterocycles. The highest BCUT2D eigenvalue weighted by Crippen LogP contribution is 2.32. The molecule has 5 rings (SSSR count). The van der Waals surface area contributed by atoms with Crippen molar-refractivity contribution >= 4 is 38.4 Å². The number of aromatic nitrogens is 2. The van der Waals surface area contributed by atoms with Crippen molar-refractivity contribution in [2.45, 2.75) is 37.0 Å². The lowest BCUT2D eigenvalue weighted by Crippen LogP contribution is -2.43. The van der Waals surface area contributed by atoms with Crippen LogP contribution in [0.3, 0.4) is 0 Å². The largest absolute Gasteiger partial charge is 0.490 e. The summed E-state index contributed by atoms with van der Waals surface area (Å²) < 4.78 is 87.8. The zero-order valence-corrected chi connectivity index (χ0v) is 23.0. The number of carbonyl (C=O) groups excluding carboxylic acids is 1. The van der Waals surface area contributed by atoms with Gasteiger partial charge in [0.15, 0.2) is 0 Å². The normalized spacial score (nSPS) is 14.6. The van der Waals surface area contributed by atoms with E-state index in [4.69, 9.17) is 16.3 Å². The van der Waals surface area contributed by atoms with E-state index in [-0.39, 0.29) is 41.9 Å². The Morgan fingerprint density at radius 3 is 2.56 bits per heavy atom. The summed E-state index contributed by atoms with van der Waals surface area (Å²) in [5.41, 5.74) is 2.31. The quantitative estimate of drug-likeness (QED) is 0.297. The molecule has 216 valence electrons. The van der Waals surface area contributed by atoms with Crippen molar-refractivity contribution in [2.24, 2.45) is 0 Å². The average molecular weight is 611 g/mol. The second-order valence-electron chi connectivity index (χ2n) is 9.61. The van der Waals surface area contributed by atoms with Gasteiger partial charge in [-0.3, -0.25) is 4.79 Å². The van der Waals surface area contributed by atoms with E-state index in [0.29, 0.717) is 38.4 Å². The van der Waals surface area contributed by atoms with E-state index in [1.807, 2.05) is 0 Å². The Balaban J connectivity index is 1.26. The van der Waals surface area contributed by atoms with Crippen LogP contribution in [0, 0.1) is 5.82 Å². The molecule has 1 aliphatic heterocycles. The Morgan fingerprint density at radius 2 is 1.85 bits per heavy atom. The fourth-order valence-electron chi connectivity index (χ4n) is 4.56. The summed E-state index contributed by atoms with van der Waals surface area (Å²) in [6, 6.07) is 12.6. The number of hydrogen-bond acceptors (Lipinski definition) is 5. The van der Waals surface area contributed by atoms with Crippen molar-refractivity contribution in [2.75, 3.05) is 13.2 Å². The molecule has 2 heterocycles. The molecule has 0 radical (unpaired) electrons. The van der Waals surface area contributed by atoms with E-state index >= 15 is 0 Å². The van der Waals surface area contributed by atoms with Gasteiger partial charge in [0.1, 0.15) is 18.2 Å². The van der Waals surface area contributed by atoms with Crippen LogP contribution in [0.4, 0.5) is 17.6 Å². The van der Waals surface area contributed by atoms with Crippen molar-refractivity contribution < 1.29 is 35.5 Å². The third-order valence-corrected chi connectivity index (χ3v) is 8.45. The van der Waals surface area contributed by atoms with Crippen LogP contribution in [0.25, 0.3) is 16.6 Å². The first-order valence-electron chi connectivity index (χ1n) is 12.4. The molecule has 0 fully saturated rings. The first kappa shape index (κ1) is 28.8. The van der Waals surface area contributed by atoms with Crippen LogP contribution < -0.4 is 9.46 Å². The van der Waals surface area contributed by atoms with E-state index in [2.05, 4.69) is 9.82 Å². The molecule has 8 nitrogen and oxygen atoms in total. The number of ether oxygens (including phenoxy) is 1. The van der Waals surface area contributed by atoms with Gasteiger partial charge in [-0.2, -0.15) is 18.3 Å². The molecular formula is C27H23ClF4N4O4S. The molecule has 1 N–H and O–H groups in total. The molecule has 4 aromatic rings. The van der Waals surface area contributed by atoms with E-state index in [1.165, 1.54) is 24.3 Å². The highest BCUT2D eigenvalue weighted by Gasteiger charge is 2.43. The molecule has 1 aliphatic rings. The Kier molecular flexibility index (Phi) is 7.70. The smallest absolute Gasteiger partial charge is 0.471 e. The summed E-state index contributed by atoms with van der Waals surface area (Å²) in [5, 5.41) is 5.27. The van der Waals surface area contributed by atoms with E-state index in [1.54, 1.807) is 48.1 Å². The van der Waals surface area contributed by atoms with Gasteiger partial charge in [-0.25, -0.2) is 22.2 Å². The van der Waals surface area contributed by atoms with E-state index in [9.17, 15) is 30.8 Å². The highest BCUT2D eigenvalue weighted by molar-refractivity contribution is 7.89. The van der Waals surface area contributed by atoms with Crippen molar-refractivity contribution in [1.82, 2.24) is 19.4 Å². The minimum atomic E-state index is -5.01. The molecule has 1 aromatic heterocycles. The van der Waals surface area contributed by atoms with Crippen LogP contribution in [0.1, 0.15) is 18.1 Å². The topological polar surface area (TPSA) is 93.5 Å². The van der Waals surface area contributed by atoms with Crippen molar-refractivity contribution in [3.8, 4) is 11.4 Å².